The Labute approximate surface area is 108 Å². The van der Waals surface area contributed by atoms with Crippen LogP contribution in [0.4, 0.5) is 0 Å². The summed E-state index contributed by atoms with van der Waals surface area (Å²) in [6.07, 6.45) is -0.277. The lowest BCUT2D eigenvalue weighted by molar-refractivity contribution is -0.146. The predicted molar refractivity (Wildman–Crippen MR) is 66.3 cm³/mol. The SMILES string of the molecule is CC(COc1ccc(Cl)cc1)OC(=O)CBr. The Hall–Kier alpha value is -0.740. The van der Waals surface area contributed by atoms with Crippen molar-refractivity contribution < 1.29 is 14.3 Å². The first kappa shape index (κ1) is 13.3. The summed E-state index contributed by atoms with van der Waals surface area (Å²) in [6, 6.07) is 7.01. The van der Waals surface area contributed by atoms with Crippen LogP contribution < -0.4 is 4.74 Å². The molecule has 0 aliphatic rings. The molecule has 0 heterocycles. The van der Waals surface area contributed by atoms with Gasteiger partial charge in [-0.15, -0.1) is 0 Å². The standard InChI is InChI=1S/C11H12BrClO3/c1-8(16-11(14)6-12)7-15-10-4-2-9(13)3-5-10/h2-5,8H,6-7H2,1H3. The van der Waals surface area contributed by atoms with E-state index in [1.165, 1.54) is 0 Å². The van der Waals surface area contributed by atoms with Crippen molar-refractivity contribution in [2.75, 3.05) is 11.9 Å². The molecule has 88 valence electrons. The van der Waals surface area contributed by atoms with Crippen molar-refractivity contribution in [1.82, 2.24) is 0 Å². The summed E-state index contributed by atoms with van der Waals surface area (Å²) < 4.78 is 10.4. The fourth-order valence-corrected chi connectivity index (χ4v) is 1.29. The molecule has 0 spiro atoms. The average molecular weight is 308 g/mol. The maximum Gasteiger partial charge on any atom is 0.316 e. The van der Waals surface area contributed by atoms with Gasteiger partial charge in [0.15, 0.2) is 0 Å². The number of alkyl halides is 1. The van der Waals surface area contributed by atoms with Crippen LogP contribution in [-0.4, -0.2) is 24.0 Å². The van der Waals surface area contributed by atoms with Crippen LogP contribution in [0.25, 0.3) is 0 Å². The monoisotopic (exact) mass is 306 g/mol. The van der Waals surface area contributed by atoms with Gasteiger partial charge in [0.25, 0.3) is 0 Å². The number of hydrogen-bond acceptors (Lipinski definition) is 3. The van der Waals surface area contributed by atoms with Gasteiger partial charge in [0.2, 0.25) is 0 Å². The molecule has 0 radical (unpaired) electrons. The second-order valence-electron chi connectivity index (χ2n) is 3.20. The molecule has 1 atom stereocenters. The van der Waals surface area contributed by atoms with Gasteiger partial charge in [0, 0.05) is 5.02 Å². The summed E-state index contributed by atoms with van der Waals surface area (Å²) in [7, 11) is 0. The largest absolute Gasteiger partial charge is 0.490 e. The van der Waals surface area contributed by atoms with Gasteiger partial charge in [-0.25, -0.2) is 0 Å². The minimum Gasteiger partial charge on any atom is -0.490 e. The summed E-state index contributed by atoms with van der Waals surface area (Å²) >= 11 is 8.75. The van der Waals surface area contributed by atoms with Crippen LogP contribution >= 0.6 is 27.5 Å². The molecule has 0 saturated carbocycles. The molecule has 0 aliphatic carbocycles. The van der Waals surface area contributed by atoms with E-state index in [1.54, 1.807) is 31.2 Å². The smallest absolute Gasteiger partial charge is 0.316 e. The number of ether oxygens (including phenoxy) is 2. The molecule has 3 nitrogen and oxygen atoms in total. The first-order chi connectivity index (χ1) is 7.61. The highest BCUT2D eigenvalue weighted by Crippen LogP contribution is 2.15. The van der Waals surface area contributed by atoms with E-state index in [0.717, 1.165) is 0 Å². The molecule has 0 bridgehead atoms. The third kappa shape index (κ3) is 4.86. The summed E-state index contributed by atoms with van der Waals surface area (Å²) in [5.41, 5.74) is 0. The second kappa shape index (κ2) is 6.76. The zero-order valence-corrected chi connectivity index (χ0v) is 11.1. The first-order valence-electron chi connectivity index (χ1n) is 4.75. The van der Waals surface area contributed by atoms with Crippen LogP contribution in [0.2, 0.25) is 5.02 Å². The molecule has 16 heavy (non-hydrogen) atoms. The highest BCUT2D eigenvalue weighted by atomic mass is 79.9. The Morgan fingerprint density at radius 1 is 1.44 bits per heavy atom. The van der Waals surface area contributed by atoms with Crippen LogP contribution in [0.1, 0.15) is 6.92 Å². The van der Waals surface area contributed by atoms with Gasteiger partial charge >= 0.3 is 5.97 Å². The van der Waals surface area contributed by atoms with Crippen molar-refractivity contribution in [3.05, 3.63) is 29.3 Å². The van der Waals surface area contributed by atoms with Gasteiger partial charge in [0.05, 0.1) is 0 Å². The van der Waals surface area contributed by atoms with E-state index in [1.807, 2.05) is 0 Å². The van der Waals surface area contributed by atoms with Gasteiger partial charge < -0.3 is 9.47 Å². The number of hydrogen-bond donors (Lipinski definition) is 0. The average Bonchev–Trinajstić information content (AvgIpc) is 2.28. The molecule has 0 saturated heterocycles. The Morgan fingerprint density at radius 3 is 2.62 bits per heavy atom. The molecule has 0 aliphatic heterocycles. The maximum atomic E-state index is 10.9. The first-order valence-corrected chi connectivity index (χ1v) is 6.25. The molecule has 1 unspecified atom stereocenters. The molecule has 0 N–H and O–H groups in total. The van der Waals surface area contributed by atoms with Gasteiger partial charge in [-0.2, -0.15) is 0 Å². The van der Waals surface area contributed by atoms with Gasteiger partial charge in [-0.3, -0.25) is 4.79 Å². The molecule has 1 aromatic carbocycles. The lowest BCUT2D eigenvalue weighted by Crippen LogP contribution is -2.22. The zero-order chi connectivity index (χ0) is 12.0. The molecule has 1 aromatic rings. The summed E-state index contributed by atoms with van der Waals surface area (Å²) in [5, 5.41) is 0.851. The van der Waals surface area contributed by atoms with Crippen molar-refractivity contribution in [2.24, 2.45) is 0 Å². The fraction of sp³-hybridized carbons (Fsp3) is 0.364. The van der Waals surface area contributed by atoms with Crippen molar-refractivity contribution in [2.45, 2.75) is 13.0 Å². The van der Waals surface area contributed by atoms with Gasteiger partial charge in [-0.05, 0) is 31.2 Å². The fourth-order valence-electron chi connectivity index (χ4n) is 1.03. The number of carbonyl (C=O) groups excluding carboxylic acids is 1. The van der Waals surface area contributed by atoms with E-state index >= 15 is 0 Å². The van der Waals surface area contributed by atoms with Crippen molar-refractivity contribution in [3.8, 4) is 5.75 Å². The van der Waals surface area contributed by atoms with E-state index in [4.69, 9.17) is 21.1 Å². The van der Waals surface area contributed by atoms with E-state index in [-0.39, 0.29) is 17.4 Å². The van der Waals surface area contributed by atoms with Crippen molar-refractivity contribution in [3.63, 3.8) is 0 Å². The number of halogens is 2. The van der Waals surface area contributed by atoms with Gasteiger partial charge in [0.1, 0.15) is 23.8 Å². The molecular weight excluding hydrogens is 295 g/mol. The van der Waals surface area contributed by atoms with Crippen LogP contribution in [-0.2, 0) is 9.53 Å². The molecular formula is C11H12BrClO3. The van der Waals surface area contributed by atoms with Gasteiger partial charge in [-0.1, -0.05) is 27.5 Å². The van der Waals surface area contributed by atoms with Crippen LogP contribution in [0.15, 0.2) is 24.3 Å². The predicted octanol–water partition coefficient (Wildman–Crippen LogP) is 3.05. The highest BCUT2D eigenvalue weighted by Gasteiger charge is 2.08. The summed E-state index contributed by atoms with van der Waals surface area (Å²) in [5.74, 6) is 0.401. The quantitative estimate of drug-likeness (QED) is 0.619. The minimum absolute atomic E-state index is 0.193. The Kier molecular flexibility index (Phi) is 5.63. The Balaban J connectivity index is 2.34. The second-order valence-corrected chi connectivity index (χ2v) is 4.20. The normalized spacial score (nSPS) is 11.9. The molecule has 0 fully saturated rings. The summed E-state index contributed by atoms with van der Waals surface area (Å²) in [4.78, 5) is 10.9. The van der Waals surface area contributed by atoms with Crippen molar-refractivity contribution >= 4 is 33.5 Å². The maximum absolute atomic E-state index is 10.9. The van der Waals surface area contributed by atoms with E-state index in [9.17, 15) is 4.79 Å². The number of benzene rings is 1. The third-order valence-corrected chi connectivity index (χ3v) is 2.45. The van der Waals surface area contributed by atoms with Crippen LogP contribution in [0.5, 0.6) is 5.75 Å². The van der Waals surface area contributed by atoms with E-state index < -0.39 is 0 Å². The molecule has 0 amide bonds. The third-order valence-electron chi connectivity index (χ3n) is 1.74. The number of rotatable bonds is 5. The Morgan fingerprint density at radius 2 is 2.06 bits per heavy atom. The van der Waals surface area contributed by atoms with E-state index in [2.05, 4.69) is 15.9 Å². The highest BCUT2D eigenvalue weighted by molar-refractivity contribution is 9.09. The topological polar surface area (TPSA) is 35.5 Å². The molecule has 0 aromatic heterocycles. The molecule has 5 heteroatoms. The number of carbonyl (C=O) groups is 1. The van der Waals surface area contributed by atoms with Crippen molar-refractivity contribution in [1.29, 1.82) is 0 Å². The lowest BCUT2D eigenvalue weighted by atomic mass is 10.3. The summed E-state index contributed by atoms with van der Waals surface area (Å²) in [6.45, 7) is 2.09. The Bertz CT molecular complexity index is 340. The van der Waals surface area contributed by atoms with Crippen LogP contribution in [0, 0.1) is 0 Å². The zero-order valence-electron chi connectivity index (χ0n) is 8.78. The van der Waals surface area contributed by atoms with Crippen LogP contribution in [0.3, 0.4) is 0 Å². The number of esters is 1. The lowest BCUT2D eigenvalue weighted by Gasteiger charge is -2.13. The molecule has 1 rings (SSSR count). The van der Waals surface area contributed by atoms with E-state index in [0.29, 0.717) is 17.4 Å². The minimum atomic E-state index is -0.299.